The maximum atomic E-state index is 12.8. The molecule has 0 spiro atoms. The highest BCUT2D eigenvalue weighted by atomic mass is 19.1. The first-order valence-electron chi connectivity index (χ1n) is 8.46. The predicted octanol–water partition coefficient (Wildman–Crippen LogP) is 3.15. The molecule has 1 heterocycles. The van der Waals surface area contributed by atoms with Crippen LogP contribution in [0, 0.1) is 19.7 Å². The molecule has 0 saturated carbocycles. The maximum absolute atomic E-state index is 12.8. The molecular weight excluding hydrogens is 339 g/mol. The number of ether oxygens (including phenoxy) is 2. The average Bonchev–Trinajstić information content (AvgIpc) is 2.91. The van der Waals surface area contributed by atoms with Crippen molar-refractivity contribution in [1.29, 1.82) is 0 Å². The number of hydrogen-bond donors (Lipinski definition) is 2. The van der Waals surface area contributed by atoms with Crippen molar-refractivity contribution in [2.75, 3.05) is 19.8 Å². The molecule has 0 aliphatic rings. The van der Waals surface area contributed by atoms with Crippen molar-refractivity contribution < 1.29 is 23.5 Å². The third kappa shape index (κ3) is 4.84. The van der Waals surface area contributed by atoms with Crippen LogP contribution in [0.2, 0.25) is 0 Å². The number of hydrogen-bond acceptors (Lipinski definition) is 4. The molecule has 0 aliphatic carbocycles. The number of aromatic amines is 1. The van der Waals surface area contributed by atoms with E-state index in [1.807, 2.05) is 0 Å². The zero-order valence-corrected chi connectivity index (χ0v) is 15.1. The second-order valence-corrected chi connectivity index (χ2v) is 5.76. The van der Waals surface area contributed by atoms with Gasteiger partial charge < -0.3 is 19.8 Å². The highest BCUT2D eigenvalue weighted by Gasteiger charge is 2.22. The zero-order chi connectivity index (χ0) is 19.1. The van der Waals surface area contributed by atoms with E-state index >= 15 is 0 Å². The van der Waals surface area contributed by atoms with Gasteiger partial charge in [0.2, 0.25) is 0 Å². The molecule has 1 amide bonds. The smallest absolute Gasteiger partial charge is 0.340 e. The van der Waals surface area contributed by atoms with E-state index in [4.69, 9.17) is 9.47 Å². The average molecular weight is 362 g/mol. The molecule has 1 aromatic heterocycles. The molecule has 0 atom stereocenters. The van der Waals surface area contributed by atoms with E-state index < -0.39 is 5.97 Å². The largest absolute Gasteiger partial charge is 0.494 e. The van der Waals surface area contributed by atoms with Gasteiger partial charge in [-0.3, -0.25) is 4.79 Å². The van der Waals surface area contributed by atoms with Gasteiger partial charge in [0.05, 0.1) is 18.8 Å². The summed E-state index contributed by atoms with van der Waals surface area (Å²) in [5.41, 5.74) is 1.92. The second-order valence-electron chi connectivity index (χ2n) is 5.76. The van der Waals surface area contributed by atoms with Crippen molar-refractivity contribution >= 4 is 11.9 Å². The summed E-state index contributed by atoms with van der Waals surface area (Å²) < 4.78 is 23.3. The van der Waals surface area contributed by atoms with Gasteiger partial charge in [-0.2, -0.15) is 0 Å². The number of rotatable bonds is 8. The maximum Gasteiger partial charge on any atom is 0.340 e. The molecule has 0 unspecified atom stereocenters. The number of esters is 1. The first-order valence-corrected chi connectivity index (χ1v) is 8.46. The van der Waals surface area contributed by atoms with E-state index in [-0.39, 0.29) is 18.3 Å². The van der Waals surface area contributed by atoms with Crippen molar-refractivity contribution in [2.45, 2.75) is 27.2 Å². The van der Waals surface area contributed by atoms with E-state index in [1.54, 1.807) is 32.9 Å². The fourth-order valence-electron chi connectivity index (χ4n) is 2.57. The van der Waals surface area contributed by atoms with Crippen LogP contribution < -0.4 is 10.1 Å². The molecule has 1 aromatic carbocycles. The number of H-pyrrole nitrogens is 1. The number of amides is 1. The summed E-state index contributed by atoms with van der Waals surface area (Å²) in [5, 5.41) is 2.78. The molecule has 6 nitrogen and oxygen atoms in total. The van der Waals surface area contributed by atoms with Gasteiger partial charge in [-0.1, -0.05) is 0 Å². The summed E-state index contributed by atoms with van der Waals surface area (Å²) in [6, 6.07) is 5.76. The second kappa shape index (κ2) is 9.03. The monoisotopic (exact) mass is 362 g/mol. The number of carbonyl (C=O) groups excluding carboxylic acids is 2. The number of carbonyl (C=O) groups is 2. The Bertz CT molecular complexity index is 769. The predicted molar refractivity (Wildman–Crippen MR) is 95.1 cm³/mol. The van der Waals surface area contributed by atoms with Crippen LogP contribution in [-0.2, 0) is 4.74 Å². The van der Waals surface area contributed by atoms with Gasteiger partial charge in [0, 0.05) is 12.2 Å². The minimum absolute atomic E-state index is 0.276. The number of benzene rings is 1. The Balaban J connectivity index is 1.83. The number of aryl methyl sites for hydroxylation is 1. The van der Waals surface area contributed by atoms with E-state index in [2.05, 4.69) is 10.3 Å². The Hall–Kier alpha value is -2.83. The summed E-state index contributed by atoms with van der Waals surface area (Å²) in [6.45, 7) is 6.25. The third-order valence-corrected chi connectivity index (χ3v) is 3.83. The van der Waals surface area contributed by atoms with E-state index in [0.717, 1.165) is 0 Å². The van der Waals surface area contributed by atoms with Crippen molar-refractivity contribution in [1.82, 2.24) is 10.3 Å². The molecule has 2 rings (SSSR count). The Labute approximate surface area is 151 Å². The van der Waals surface area contributed by atoms with Crippen LogP contribution in [-0.4, -0.2) is 36.6 Å². The van der Waals surface area contributed by atoms with Crippen molar-refractivity contribution in [3.63, 3.8) is 0 Å². The standard InChI is InChI=1S/C19H23FN2O4/c1-4-25-19(24)16-12(2)17(22-13(16)3)18(23)21-10-5-11-26-15-8-6-14(20)7-9-15/h6-9,22H,4-5,10-11H2,1-3H3,(H,21,23). The van der Waals surface area contributed by atoms with Gasteiger partial charge in [0.25, 0.3) is 5.91 Å². The lowest BCUT2D eigenvalue weighted by Crippen LogP contribution is -2.26. The van der Waals surface area contributed by atoms with E-state index in [0.29, 0.717) is 47.8 Å². The normalized spacial score (nSPS) is 10.5. The molecule has 7 heteroatoms. The van der Waals surface area contributed by atoms with Gasteiger partial charge in [-0.25, -0.2) is 9.18 Å². The van der Waals surface area contributed by atoms with E-state index in [1.165, 1.54) is 12.1 Å². The lowest BCUT2D eigenvalue weighted by molar-refractivity contribution is 0.0525. The summed E-state index contributed by atoms with van der Waals surface area (Å²) in [7, 11) is 0. The number of aromatic nitrogens is 1. The summed E-state index contributed by atoms with van der Waals surface area (Å²) in [4.78, 5) is 27.2. The topological polar surface area (TPSA) is 80.4 Å². The third-order valence-electron chi connectivity index (χ3n) is 3.83. The quantitative estimate of drug-likeness (QED) is 0.558. The molecule has 0 fully saturated rings. The first-order chi connectivity index (χ1) is 12.4. The molecular formula is C19H23FN2O4. The molecule has 0 saturated heterocycles. The van der Waals surface area contributed by atoms with Crippen LogP contribution in [0.25, 0.3) is 0 Å². The van der Waals surface area contributed by atoms with Crippen LogP contribution >= 0.6 is 0 Å². The lowest BCUT2D eigenvalue weighted by Gasteiger charge is -2.07. The Morgan fingerprint density at radius 2 is 1.88 bits per heavy atom. The van der Waals surface area contributed by atoms with Crippen molar-refractivity contribution in [3.05, 3.63) is 52.6 Å². The van der Waals surface area contributed by atoms with E-state index in [9.17, 15) is 14.0 Å². The van der Waals surface area contributed by atoms with Crippen molar-refractivity contribution in [2.24, 2.45) is 0 Å². The number of halogens is 1. The van der Waals surface area contributed by atoms with Crippen molar-refractivity contribution in [3.8, 4) is 5.75 Å². The minimum atomic E-state index is -0.439. The zero-order valence-electron chi connectivity index (χ0n) is 15.1. The molecule has 2 aromatic rings. The van der Waals surface area contributed by atoms with Crippen LogP contribution in [0.4, 0.5) is 4.39 Å². The summed E-state index contributed by atoms with van der Waals surface area (Å²) in [6.07, 6.45) is 0.590. The highest BCUT2D eigenvalue weighted by molar-refractivity contribution is 6.00. The van der Waals surface area contributed by atoms with Gasteiger partial charge in [-0.15, -0.1) is 0 Å². The summed E-state index contributed by atoms with van der Waals surface area (Å²) >= 11 is 0. The van der Waals surface area contributed by atoms with Gasteiger partial charge >= 0.3 is 5.97 Å². The van der Waals surface area contributed by atoms with Crippen LogP contribution in [0.5, 0.6) is 5.75 Å². The molecule has 26 heavy (non-hydrogen) atoms. The Morgan fingerprint density at radius 1 is 1.19 bits per heavy atom. The minimum Gasteiger partial charge on any atom is -0.494 e. The molecule has 0 aliphatic heterocycles. The van der Waals surface area contributed by atoms with Gasteiger partial charge in [0.15, 0.2) is 0 Å². The highest BCUT2D eigenvalue weighted by Crippen LogP contribution is 2.19. The number of nitrogens with one attached hydrogen (secondary N) is 2. The van der Waals surface area contributed by atoms with Gasteiger partial charge in [-0.05, 0) is 57.0 Å². The van der Waals surface area contributed by atoms with Gasteiger partial charge in [0.1, 0.15) is 17.3 Å². The molecule has 0 bridgehead atoms. The molecule has 140 valence electrons. The fourth-order valence-corrected chi connectivity index (χ4v) is 2.57. The molecule has 0 radical (unpaired) electrons. The summed E-state index contributed by atoms with van der Waals surface area (Å²) in [5.74, 6) is -0.468. The molecule has 2 N–H and O–H groups in total. The van der Waals surface area contributed by atoms with Crippen LogP contribution in [0.3, 0.4) is 0 Å². The Kier molecular flexibility index (Phi) is 6.77. The SMILES string of the molecule is CCOC(=O)c1c(C)[nH]c(C(=O)NCCCOc2ccc(F)cc2)c1C. The Morgan fingerprint density at radius 3 is 2.54 bits per heavy atom. The first kappa shape index (κ1) is 19.5. The van der Waals surface area contributed by atoms with Crippen LogP contribution in [0.1, 0.15) is 45.4 Å². The lowest BCUT2D eigenvalue weighted by atomic mass is 10.1. The fraction of sp³-hybridized carbons (Fsp3) is 0.368. The van der Waals surface area contributed by atoms with Crippen LogP contribution in [0.15, 0.2) is 24.3 Å².